The first-order chi connectivity index (χ1) is 6.65. The molecule has 1 heterocycles. The molecule has 0 radical (unpaired) electrons. The molecule has 0 spiro atoms. The highest BCUT2D eigenvalue weighted by molar-refractivity contribution is 7.56. The van der Waals surface area contributed by atoms with Gasteiger partial charge in [0.1, 0.15) is 11.3 Å². The number of hydrogen-bond donors (Lipinski definition) is 2. The first-order valence-corrected chi connectivity index (χ1v) is 4.50. The van der Waals surface area contributed by atoms with E-state index >= 15 is 0 Å². The summed E-state index contributed by atoms with van der Waals surface area (Å²) in [4.78, 5) is 14.7. The highest BCUT2D eigenvalue weighted by Gasteiger charge is 1.99. The van der Waals surface area contributed by atoms with Crippen LogP contribution >= 0.6 is 0 Å². The van der Waals surface area contributed by atoms with Crippen molar-refractivity contribution in [2.24, 2.45) is 5.16 Å². The van der Waals surface area contributed by atoms with Crippen LogP contribution < -0.4 is 0 Å². The smallest absolute Gasteiger partial charge is 0.319 e. The minimum Gasteiger partial charge on any atom is -0.319 e. The standard InChI is InChI=1S/C7H9N3O3S/c1-4-6(3-8-13-5(2)11)9-10-7(4)14-12/h3,9-10H,1-2H3. The molecule has 0 aliphatic carbocycles. The molecule has 1 aromatic rings. The molecule has 1 aromatic heterocycles. The zero-order valence-electron chi connectivity index (χ0n) is 7.66. The van der Waals surface area contributed by atoms with Crippen LogP contribution in [0.2, 0.25) is 0 Å². The van der Waals surface area contributed by atoms with Gasteiger partial charge in [0.25, 0.3) is 0 Å². The van der Waals surface area contributed by atoms with Crippen molar-refractivity contribution in [2.45, 2.75) is 13.8 Å². The topological polar surface area (TPSA) is 87.3 Å². The number of carbonyl (C=O) groups is 1. The number of carbonyl (C=O) groups excluding carboxylic acids is 1. The van der Waals surface area contributed by atoms with Gasteiger partial charge in [-0.05, 0) is 6.92 Å². The van der Waals surface area contributed by atoms with Crippen molar-refractivity contribution in [2.75, 3.05) is 0 Å². The fourth-order valence-electron chi connectivity index (χ4n) is 0.800. The average Bonchev–Trinajstić information content (AvgIpc) is 2.47. The summed E-state index contributed by atoms with van der Waals surface area (Å²) in [5, 5.41) is 8.78. The van der Waals surface area contributed by atoms with Gasteiger partial charge >= 0.3 is 5.97 Å². The Bertz CT molecular complexity index is 453. The van der Waals surface area contributed by atoms with Gasteiger partial charge in [0.05, 0.1) is 11.9 Å². The third kappa shape index (κ3) is 2.43. The number of aromatic nitrogens is 2. The summed E-state index contributed by atoms with van der Waals surface area (Å²) in [7, 11) is 0. The Kier molecular flexibility index (Phi) is 3.41. The summed E-state index contributed by atoms with van der Waals surface area (Å²) in [6, 6.07) is 0. The van der Waals surface area contributed by atoms with Crippen LogP contribution in [-0.2, 0) is 20.9 Å². The minimum absolute atomic E-state index is 0.350. The number of aromatic amines is 2. The van der Waals surface area contributed by atoms with E-state index in [2.05, 4.69) is 20.2 Å². The molecule has 0 unspecified atom stereocenters. The second-order valence-electron chi connectivity index (χ2n) is 2.52. The molecule has 0 atom stereocenters. The summed E-state index contributed by atoms with van der Waals surface area (Å²) < 4.78 is 11.0. The van der Waals surface area contributed by atoms with Crippen LogP contribution in [0.25, 0.3) is 0 Å². The van der Waals surface area contributed by atoms with E-state index in [1.165, 1.54) is 13.1 Å². The second-order valence-corrected chi connectivity index (χ2v) is 3.09. The first-order valence-electron chi connectivity index (χ1n) is 3.76. The van der Waals surface area contributed by atoms with E-state index < -0.39 is 5.97 Å². The molecule has 0 saturated carbocycles. The summed E-state index contributed by atoms with van der Waals surface area (Å²) in [6.07, 6.45) is 1.33. The molecule has 6 nitrogen and oxygen atoms in total. The number of H-pyrrole nitrogens is 2. The molecule has 0 bridgehead atoms. The molecule has 0 amide bonds. The van der Waals surface area contributed by atoms with E-state index in [1.807, 2.05) is 0 Å². The van der Waals surface area contributed by atoms with Gasteiger partial charge in [-0.1, -0.05) is 5.16 Å². The maximum atomic E-state index is 10.5. The lowest BCUT2D eigenvalue weighted by molar-refractivity contribution is -0.140. The third-order valence-electron chi connectivity index (χ3n) is 1.50. The van der Waals surface area contributed by atoms with Gasteiger partial charge in [0.2, 0.25) is 0 Å². The second kappa shape index (κ2) is 4.56. The molecule has 0 aromatic carbocycles. The number of rotatable bonds is 2. The molecule has 76 valence electrons. The van der Waals surface area contributed by atoms with Gasteiger partial charge in [-0.15, -0.1) is 0 Å². The van der Waals surface area contributed by atoms with E-state index in [4.69, 9.17) is 0 Å². The number of nitrogens with one attached hydrogen (secondary N) is 2. The fourth-order valence-corrected chi connectivity index (χ4v) is 1.13. The first kappa shape index (κ1) is 10.5. The van der Waals surface area contributed by atoms with E-state index in [0.717, 1.165) is 5.56 Å². The molecular formula is C7H9N3O3S. The number of hydrogen-bond acceptors (Lipinski definition) is 4. The predicted molar refractivity (Wildman–Crippen MR) is 50.6 cm³/mol. The Balaban J connectivity index is 2.88. The van der Waals surface area contributed by atoms with Gasteiger partial charge in [-0.3, -0.25) is 10.2 Å². The minimum atomic E-state index is -0.493. The summed E-state index contributed by atoms with van der Waals surface area (Å²) >= 11 is 0.350. The van der Waals surface area contributed by atoms with Gasteiger partial charge in [0, 0.05) is 12.5 Å². The van der Waals surface area contributed by atoms with Crippen molar-refractivity contribution in [3.63, 3.8) is 0 Å². The maximum absolute atomic E-state index is 10.5. The van der Waals surface area contributed by atoms with Crippen LogP contribution in [0.3, 0.4) is 0 Å². The van der Waals surface area contributed by atoms with Gasteiger partial charge in [0.15, 0.2) is 4.64 Å². The summed E-state index contributed by atoms with van der Waals surface area (Å²) in [6.45, 7) is 3.01. The molecule has 1 rings (SSSR count). The molecule has 0 saturated heterocycles. The lowest BCUT2D eigenvalue weighted by Gasteiger charge is -1.88. The molecule has 0 fully saturated rings. The Morgan fingerprint density at radius 2 is 2.29 bits per heavy atom. The van der Waals surface area contributed by atoms with E-state index in [0.29, 0.717) is 21.6 Å². The largest absolute Gasteiger partial charge is 0.331 e. The lowest BCUT2D eigenvalue weighted by Crippen LogP contribution is -1.92. The predicted octanol–water partition coefficient (Wildman–Crippen LogP) is 0.293. The highest BCUT2D eigenvalue weighted by Crippen LogP contribution is 2.00. The van der Waals surface area contributed by atoms with Crippen LogP contribution in [-0.4, -0.2) is 26.6 Å². The fraction of sp³-hybridized carbons (Fsp3) is 0.286. The summed E-state index contributed by atoms with van der Waals surface area (Å²) in [5.41, 5.74) is 1.34. The zero-order chi connectivity index (χ0) is 10.6. The lowest BCUT2D eigenvalue weighted by atomic mass is 10.3. The van der Waals surface area contributed by atoms with Crippen molar-refractivity contribution in [1.29, 1.82) is 0 Å². The number of nitrogens with zero attached hydrogens (tertiary/aromatic N) is 1. The van der Waals surface area contributed by atoms with Crippen molar-refractivity contribution in [3.05, 3.63) is 15.9 Å². The van der Waals surface area contributed by atoms with Crippen LogP contribution in [0.5, 0.6) is 0 Å². The van der Waals surface area contributed by atoms with Gasteiger partial charge in [-0.25, -0.2) is 9.00 Å². The monoisotopic (exact) mass is 215 g/mol. The van der Waals surface area contributed by atoms with Gasteiger partial charge < -0.3 is 4.84 Å². The van der Waals surface area contributed by atoms with Crippen molar-refractivity contribution >= 4 is 23.4 Å². The normalized spacial score (nSPS) is 10.4. The Hall–Kier alpha value is -1.63. The van der Waals surface area contributed by atoms with Crippen molar-refractivity contribution in [3.8, 4) is 0 Å². The highest BCUT2D eigenvalue weighted by atomic mass is 32.1. The van der Waals surface area contributed by atoms with Gasteiger partial charge in [-0.2, -0.15) is 0 Å². The third-order valence-corrected chi connectivity index (χ3v) is 2.08. The van der Waals surface area contributed by atoms with Crippen LogP contribution in [0.15, 0.2) is 5.16 Å². The van der Waals surface area contributed by atoms with Crippen LogP contribution in [0, 0.1) is 11.6 Å². The Morgan fingerprint density at radius 3 is 2.79 bits per heavy atom. The Morgan fingerprint density at radius 1 is 1.57 bits per heavy atom. The van der Waals surface area contributed by atoms with Crippen LogP contribution in [0.4, 0.5) is 0 Å². The summed E-state index contributed by atoms with van der Waals surface area (Å²) in [5.74, 6) is -0.493. The maximum Gasteiger partial charge on any atom is 0.331 e. The van der Waals surface area contributed by atoms with E-state index in [9.17, 15) is 9.00 Å². The quantitative estimate of drug-likeness (QED) is 0.322. The number of oxime groups is 1. The zero-order valence-corrected chi connectivity index (χ0v) is 8.47. The van der Waals surface area contributed by atoms with Crippen molar-refractivity contribution in [1.82, 2.24) is 10.2 Å². The van der Waals surface area contributed by atoms with E-state index in [1.54, 1.807) is 6.92 Å². The molecule has 14 heavy (non-hydrogen) atoms. The molecule has 0 aliphatic rings. The van der Waals surface area contributed by atoms with Crippen molar-refractivity contribution < 1.29 is 13.8 Å². The molecule has 0 aliphatic heterocycles. The van der Waals surface area contributed by atoms with Crippen LogP contribution in [0.1, 0.15) is 18.2 Å². The molecule has 7 heteroatoms. The molecular weight excluding hydrogens is 206 g/mol. The molecule has 2 N–H and O–H groups in total. The Labute approximate surface area is 83.0 Å². The SMILES string of the molecule is CC(=O)ON=Cc1[nH][nH]c(=S=O)c1C. The van der Waals surface area contributed by atoms with E-state index in [-0.39, 0.29) is 0 Å². The average molecular weight is 215 g/mol.